The van der Waals surface area contributed by atoms with Crippen LogP contribution < -0.4 is 5.32 Å². The third-order valence-corrected chi connectivity index (χ3v) is 3.33. The molecule has 0 saturated heterocycles. The Morgan fingerprint density at radius 2 is 1.94 bits per heavy atom. The topological polar surface area (TPSA) is 29.1 Å². The Balaban J connectivity index is 1.82. The molecule has 0 saturated carbocycles. The Morgan fingerprint density at radius 1 is 1.18 bits per heavy atom. The Labute approximate surface area is 109 Å². The number of hydrogen-bond acceptors (Lipinski definition) is 2. The average molecular weight is 266 g/mol. The second-order valence-corrected chi connectivity index (χ2v) is 4.93. The SMILES string of the molecule is O=C(Cc1ccsc1)NCc1ccc(Cl)cc1. The Bertz CT molecular complexity index is 479. The number of amides is 1. The first kappa shape index (κ1) is 12.1. The molecular formula is C13H12ClNOS. The smallest absolute Gasteiger partial charge is 0.224 e. The molecule has 0 atom stereocenters. The van der Waals surface area contributed by atoms with Gasteiger partial charge in [0.05, 0.1) is 6.42 Å². The second kappa shape index (κ2) is 5.84. The van der Waals surface area contributed by atoms with Gasteiger partial charge in [-0.1, -0.05) is 23.7 Å². The predicted molar refractivity (Wildman–Crippen MR) is 71.3 cm³/mol. The maximum absolute atomic E-state index is 11.6. The maximum Gasteiger partial charge on any atom is 0.224 e. The van der Waals surface area contributed by atoms with Crippen molar-refractivity contribution in [3.05, 3.63) is 57.2 Å². The lowest BCUT2D eigenvalue weighted by atomic mass is 10.2. The van der Waals surface area contributed by atoms with E-state index in [0.717, 1.165) is 11.1 Å². The van der Waals surface area contributed by atoms with Crippen molar-refractivity contribution < 1.29 is 4.79 Å². The molecule has 0 radical (unpaired) electrons. The van der Waals surface area contributed by atoms with E-state index in [1.165, 1.54) is 0 Å². The lowest BCUT2D eigenvalue weighted by Crippen LogP contribution is -2.24. The summed E-state index contributed by atoms with van der Waals surface area (Å²) in [5, 5.41) is 7.55. The summed E-state index contributed by atoms with van der Waals surface area (Å²) in [4.78, 5) is 11.6. The summed E-state index contributed by atoms with van der Waals surface area (Å²) in [6.07, 6.45) is 0.442. The zero-order valence-electron chi connectivity index (χ0n) is 9.15. The fourth-order valence-electron chi connectivity index (χ4n) is 1.44. The number of thiophene rings is 1. The first-order valence-electron chi connectivity index (χ1n) is 5.26. The van der Waals surface area contributed by atoms with Gasteiger partial charge in [-0.25, -0.2) is 0 Å². The van der Waals surface area contributed by atoms with E-state index in [1.54, 1.807) is 11.3 Å². The van der Waals surface area contributed by atoms with Crippen LogP contribution in [0, 0.1) is 0 Å². The number of rotatable bonds is 4. The molecule has 1 aromatic heterocycles. The van der Waals surface area contributed by atoms with E-state index in [2.05, 4.69) is 5.32 Å². The monoisotopic (exact) mass is 265 g/mol. The molecule has 0 unspecified atom stereocenters. The highest BCUT2D eigenvalue weighted by molar-refractivity contribution is 7.07. The first-order chi connectivity index (χ1) is 8.24. The molecule has 0 bridgehead atoms. The zero-order chi connectivity index (χ0) is 12.1. The average Bonchev–Trinajstić information content (AvgIpc) is 2.81. The quantitative estimate of drug-likeness (QED) is 0.903. The molecule has 1 amide bonds. The van der Waals surface area contributed by atoms with Crippen molar-refractivity contribution in [1.82, 2.24) is 5.32 Å². The van der Waals surface area contributed by atoms with E-state index in [0.29, 0.717) is 18.0 Å². The molecule has 0 spiro atoms. The van der Waals surface area contributed by atoms with Crippen LogP contribution >= 0.6 is 22.9 Å². The van der Waals surface area contributed by atoms with Gasteiger partial charge in [-0.05, 0) is 40.1 Å². The minimum atomic E-state index is 0.0401. The first-order valence-corrected chi connectivity index (χ1v) is 6.58. The molecule has 0 aliphatic heterocycles. The van der Waals surface area contributed by atoms with E-state index in [9.17, 15) is 4.79 Å². The summed E-state index contributed by atoms with van der Waals surface area (Å²) in [6.45, 7) is 0.542. The standard InChI is InChI=1S/C13H12ClNOS/c14-12-3-1-10(2-4-12)8-15-13(16)7-11-5-6-17-9-11/h1-6,9H,7-8H2,(H,15,16). The predicted octanol–water partition coefficient (Wildman–Crippen LogP) is 3.26. The fourth-order valence-corrected chi connectivity index (χ4v) is 2.24. The van der Waals surface area contributed by atoms with Crippen molar-refractivity contribution >= 4 is 28.8 Å². The molecule has 2 nitrogen and oxygen atoms in total. The van der Waals surface area contributed by atoms with Crippen molar-refractivity contribution in [2.75, 3.05) is 0 Å². The number of nitrogens with one attached hydrogen (secondary N) is 1. The summed E-state index contributed by atoms with van der Waals surface area (Å²) >= 11 is 7.39. The van der Waals surface area contributed by atoms with Crippen LogP contribution in [0.5, 0.6) is 0 Å². The summed E-state index contributed by atoms with van der Waals surface area (Å²) < 4.78 is 0. The molecule has 1 aromatic carbocycles. The van der Waals surface area contributed by atoms with Crippen LogP contribution in [-0.4, -0.2) is 5.91 Å². The molecule has 2 rings (SSSR count). The molecule has 17 heavy (non-hydrogen) atoms. The molecule has 2 aromatic rings. The molecule has 0 aliphatic carbocycles. The summed E-state index contributed by atoms with van der Waals surface area (Å²) in [5.41, 5.74) is 2.11. The lowest BCUT2D eigenvalue weighted by Gasteiger charge is -2.04. The molecule has 1 N–H and O–H groups in total. The Morgan fingerprint density at radius 3 is 2.59 bits per heavy atom. The molecule has 0 fully saturated rings. The molecule has 4 heteroatoms. The molecule has 0 aliphatic rings. The van der Waals surface area contributed by atoms with Gasteiger partial charge < -0.3 is 5.32 Å². The molecule has 1 heterocycles. The highest BCUT2D eigenvalue weighted by Crippen LogP contribution is 2.09. The third-order valence-electron chi connectivity index (χ3n) is 2.35. The largest absolute Gasteiger partial charge is 0.352 e. The van der Waals surface area contributed by atoms with Crippen LogP contribution in [0.4, 0.5) is 0 Å². The van der Waals surface area contributed by atoms with Gasteiger partial charge in [0.25, 0.3) is 0 Å². The summed E-state index contributed by atoms with van der Waals surface area (Å²) in [7, 11) is 0. The summed E-state index contributed by atoms with van der Waals surface area (Å²) in [5.74, 6) is 0.0401. The van der Waals surface area contributed by atoms with Crippen LogP contribution in [0.2, 0.25) is 5.02 Å². The van der Waals surface area contributed by atoms with Gasteiger partial charge in [0.1, 0.15) is 0 Å². The number of hydrogen-bond donors (Lipinski definition) is 1. The molecule has 88 valence electrons. The fraction of sp³-hybridized carbons (Fsp3) is 0.154. The van der Waals surface area contributed by atoms with Crippen LogP contribution in [0.15, 0.2) is 41.1 Å². The lowest BCUT2D eigenvalue weighted by molar-refractivity contribution is -0.120. The maximum atomic E-state index is 11.6. The minimum absolute atomic E-state index is 0.0401. The highest BCUT2D eigenvalue weighted by atomic mass is 35.5. The van der Waals surface area contributed by atoms with Crippen LogP contribution in [0.1, 0.15) is 11.1 Å². The van der Waals surface area contributed by atoms with Crippen molar-refractivity contribution in [2.24, 2.45) is 0 Å². The van der Waals surface area contributed by atoms with Crippen molar-refractivity contribution in [2.45, 2.75) is 13.0 Å². The van der Waals surface area contributed by atoms with Gasteiger partial charge in [-0.2, -0.15) is 11.3 Å². The number of benzene rings is 1. The van der Waals surface area contributed by atoms with Crippen molar-refractivity contribution in [1.29, 1.82) is 0 Å². The normalized spacial score (nSPS) is 10.2. The van der Waals surface area contributed by atoms with Crippen molar-refractivity contribution in [3.63, 3.8) is 0 Å². The van der Waals surface area contributed by atoms with Gasteiger partial charge >= 0.3 is 0 Å². The van der Waals surface area contributed by atoms with E-state index >= 15 is 0 Å². The number of halogens is 1. The van der Waals surface area contributed by atoms with Crippen LogP contribution in [-0.2, 0) is 17.8 Å². The number of carbonyl (C=O) groups is 1. The van der Waals surface area contributed by atoms with Crippen molar-refractivity contribution in [3.8, 4) is 0 Å². The van der Waals surface area contributed by atoms with E-state index in [-0.39, 0.29) is 5.91 Å². The Kier molecular flexibility index (Phi) is 4.18. The Hall–Kier alpha value is -1.32. The van der Waals surface area contributed by atoms with Crippen LogP contribution in [0.3, 0.4) is 0 Å². The van der Waals surface area contributed by atoms with Gasteiger partial charge in [-0.15, -0.1) is 0 Å². The van der Waals surface area contributed by atoms with E-state index in [1.807, 2.05) is 41.1 Å². The third kappa shape index (κ3) is 3.88. The van der Waals surface area contributed by atoms with Crippen LogP contribution in [0.25, 0.3) is 0 Å². The highest BCUT2D eigenvalue weighted by Gasteiger charge is 2.03. The van der Waals surface area contributed by atoms with E-state index in [4.69, 9.17) is 11.6 Å². The second-order valence-electron chi connectivity index (χ2n) is 3.71. The van der Waals surface area contributed by atoms with Gasteiger partial charge in [0, 0.05) is 11.6 Å². The zero-order valence-corrected chi connectivity index (χ0v) is 10.7. The van der Waals surface area contributed by atoms with E-state index < -0.39 is 0 Å². The molecular weight excluding hydrogens is 254 g/mol. The summed E-state index contributed by atoms with van der Waals surface area (Å²) in [6, 6.07) is 9.43. The minimum Gasteiger partial charge on any atom is -0.352 e. The van der Waals surface area contributed by atoms with Gasteiger partial charge in [0.15, 0.2) is 0 Å². The number of carbonyl (C=O) groups excluding carboxylic acids is 1. The van der Waals surface area contributed by atoms with Gasteiger partial charge in [0.2, 0.25) is 5.91 Å². The van der Waals surface area contributed by atoms with Gasteiger partial charge in [-0.3, -0.25) is 4.79 Å².